The van der Waals surface area contributed by atoms with Gasteiger partial charge in [-0.3, -0.25) is 76.7 Å². The van der Waals surface area contributed by atoms with Crippen LogP contribution in [-0.2, 0) is 101 Å². The Labute approximate surface area is 688 Å². The van der Waals surface area contributed by atoms with Crippen molar-refractivity contribution in [3.05, 3.63) is 95.7 Å². The number of carboxylic acids is 3. The molecule has 1 fully saturated rings. The molecule has 1 saturated heterocycles. The molecule has 119 heavy (non-hydrogen) atoms. The zero-order valence-electron chi connectivity index (χ0n) is 68.7. The van der Waals surface area contributed by atoms with Gasteiger partial charge in [0.25, 0.3) is 0 Å². The molecule has 1 aromatic heterocycles. The molecule has 22 N–H and O–H groups in total. The summed E-state index contributed by atoms with van der Waals surface area (Å²) >= 11 is 0. The summed E-state index contributed by atoms with van der Waals surface area (Å²) in [5.41, 5.74) is 12.9. The van der Waals surface area contributed by atoms with Crippen molar-refractivity contribution in [1.82, 2.24) is 78.6 Å². The number of hydrogen-bond donors (Lipinski definition) is 20. The molecular formula is C80H115N17O22. The Hall–Kier alpha value is -12.3. The van der Waals surface area contributed by atoms with Crippen LogP contribution < -0.4 is 75.3 Å². The lowest BCUT2D eigenvalue weighted by atomic mass is 9.85. The summed E-state index contributed by atoms with van der Waals surface area (Å²) in [5, 5.41) is 79.9. The van der Waals surface area contributed by atoms with Crippen LogP contribution in [-0.4, -0.2) is 253 Å². The average Bonchev–Trinajstić information content (AvgIpc) is 1.75. The minimum Gasteiger partial charge on any atom is -0.508 e. The van der Waals surface area contributed by atoms with Gasteiger partial charge >= 0.3 is 17.9 Å². The predicted octanol–water partition coefficient (Wildman–Crippen LogP) is -1.95. The molecule has 652 valence electrons. The van der Waals surface area contributed by atoms with Gasteiger partial charge in [0.15, 0.2) is 0 Å². The van der Waals surface area contributed by atoms with E-state index in [1.54, 1.807) is 92.8 Å². The second-order valence-electron chi connectivity index (χ2n) is 31.5. The molecule has 0 unspecified atom stereocenters. The quantitative estimate of drug-likeness (QED) is 0.0214. The fraction of sp³-hybridized carbons (Fsp3) is 0.537. The van der Waals surface area contributed by atoms with Gasteiger partial charge in [0, 0.05) is 56.4 Å². The van der Waals surface area contributed by atoms with Crippen LogP contribution in [0.2, 0.25) is 0 Å². The molecule has 0 aliphatic carbocycles. The highest BCUT2D eigenvalue weighted by Crippen LogP contribution is 2.27. The van der Waals surface area contributed by atoms with Crippen molar-refractivity contribution in [1.29, 1.82) is 0 Å². The van der Waals surface area contributed by atoms with E-state index in [0.717, 1.165) is 4.90 Å². The third-order valence-corrected chi connectivity index (χ3v) is 19.8. The van der Waals surface area contributed by atoms with Gasteiger partial charge in [-0.15, -0.1) is 0 Å². The number of para-hydroxylation sites is 1. The summed E-state index contributed by atoms with van der Waals surface area (Å²) in [5.74, 6) is -18.7. The molecule has 0 saturated carbocycles. The number of H-pyrrole nitrogens is 1. The first kappa shape index (κ1) is 97.3. The third kappa shape index (κ3) is 30.6. The van der Waals surface area contributed by atoms with Crippen molar-refractivity contribution >= 4 is 112 Å². The molecule has 12 atom stereocenters. The fourth-order valence-corrected chi connectivity index (χ4v) is 13.3. The average molecular weight is 1670 g/mol. The number of aromatic nitrogens is 1. The van der Waals surface area contributed by atoms with Gasteiger partial charge in [0.2, 0.25) is 82.7 Å². The number of carbonyl (C=O) groups excluding carboxylic acids is 14. The van der Waals surface area contributed by atoms with Gasteiger partial charge < -0.3 is 116 Å². The number of nitrogens with two attached hydrogens (primary N) is 2. The summed E-state index contributed by atoms with van der Waals surface area (Å²) < 4.78 is 0. The standard InChI is InChI=1S/C80H115N17O22/c1-41(2)64(75(114)86-40-61(102)97-32-16-20-58(97)74(113)85-38-59(100)88-55(35-47-37-83-52-18-13-12-17-50(47)52)73(112)92-57(34-46-23-27-49(99)28-24-46)78(117)96(11)67(79(118)119)80(8,9)10)93-60(101)39-84-70(109)56(36-63(105)106)90-68(107)44(7)87-72(111)54(33-45-21-25-48(98)26-22-45)91-71(110)53(19-14-15-31-81)89-76(115)65(42(3)4)95-77(116)66(43(5)6)94-69(108)51(82)29-30-62(103)104/h12-13,17-18,21-28,37,41-44,51,53-58,64-67,83,98-99H,14-16,19-20,29-36,38-40,81-82H2,1-11H3,(H,84,109)(H,85,113)(H,86,114)(H,87,111)(H,88,100)(H,89,115)(H,90,107)(H,91,110)(H,92,112)(H,93,101)(H,94,108)(H,95,116)(H,103,104)(H,105,106)(H,118,119)/t44-,51-,53-,54-,55-,56-,57-,58-,64-,65-,66-,67+/m0/s1. The largest absolute Gasteiger partial charge is 0.508 e. The van der Waals surface area contributed by atoms with Crippen molar-refractivity contribution in [3.8, 4) is 11.5 Å². The van der Waals surface area contributed by atoms with Crippen LogP contribution in [0.15, 0.2) is 79.0 Å². The number of unbranched alkanes of at least 4 members (excludes halogenated alkanes) is 1. The number of nitrogens with one attached hydrogen (secondary N) is 13. The molecule has 0 radical (unpaired) electrons. The minimum atomic E-state index is -1.90. The van der Waals surface area contributed by atoms with Gasteiger partial charge in [-0.05, 0) is 122 Å². The Morgan fingerprint density at radius 3 is 1.58 bits per heavy atom. The first-order valence-electron chi connectivity index (χ1n) is 39.2. The van der Waals surface area contributed by atoms with Crippen LogP contribution in [0.3, 0.4) is 0 Å². The lowest BCUT2D eigenvalue weighted by Gasteiger charge is -2.37. The van der Waals surface area contributed by atoms with Crippen LogP contribution in [0, 0.1) is 23.2 Å². The molecule has 3 aromatic carbocycles. The number of hydrogen-bond acceptors (Lipinski definition) is 21. The highest BCUT2D eigenvalue weighted by Gasteiger charge is 2.42. The van der Waals surface area contributed by atoms with E-state index < -0.39 is 229 Å². The lowest BCUT2D eigenvalue weighted by Crippen LogP contribution is -2.61. The maximum Gasteiger partial charge on any atom is 0.326 e. The van der Waals surface area contributed by atoms with Gasteiger partial charge in [-0.1, -0.05) is 105 Å². The Bertz CT molecular complexity index is 4260. The number of aromatic amines is 1. The Kier molecular flexibility index (Phi) is 37.6. The molecule has 14 amide bonds. The van der Waals surface area contributed by atoms with Crippen LogP contribution in [0.1, 0.15) is 137 Å². The number of likely N-dealkylation sites (tertiary alicyclic amines) is 1. The zero-order chi connectivity index (χ0) is 88.9. The molecule has 2 heterocycles. The van der Waals surface area contributed by atoms with Gasteiger partial charge in [0.1, 0.15) is 78.0 Å². The third-order valence-electron chi connectivity index (χ3n) is 19.8. The number of phenols is 2. The van der Waals surface area contributed by atoms with Crippen LogP contribution in [0.25, 0.3) is 10.9 Å². The highest BCUT2D eigenvalue weighted by molar-refractivity contribution is 6.01. The molecule has 39 nitrogen and oxygen atoms in total. The van der Waals surface area contributed by atoms with Crippen molar-refractivity contribution < 1.29 is 107 Å². The number of fused-ring (bicyclic) bond motifs is 1. The van der Waals surface area contributed by atoms with E-state index in [4.69, 9.17) is 16.6 Å². The highest BCUT2D eigenvalue weighted by atomic mass is 16.4. The first-order valence-corrected chi connectivity index (χ1v) is 39.2. The smallest absolute Gasteiger partial charge is 0.326 e. The number of phenolic OH excluding ortho intramolecular Hbond substituents is 2. The molecule has 4 aromatic rings. The molecule has 1 aliphatic heterocycles. The van der Waals surface area contributed by atoms with Crippen molar-refractivity contribution in [3.63, 3.8) is 0 Å². The molecule has 1 aliphatic rings. The van der Waals surface area contributed by atoms with E-state index in [9.17, 15) is 102 Å². The van der Waals surface area contributed by atoms with Crippen LogP contribution in [0.4, 0.5) is 0 Å². The number of amides is 14. The normalized spacial score (nSPS) is 15.4. The van der Waals surface area contributed by atoms with E-state index in [-0.39, 0.29) is 69.5 Å². The number of rotatable bonds is 46. The second kappa shape index (κ2) is 46.0. The fourth-order valence-electron chi connectivity index (χ4n) is 13.3. The molecule has 0 spiro atoms. The van der Waals surface area contributed by atoms with E-state index in [2.05, 4.69) is 68.8 Å². The van der Waals surface area contributed by atoms with Crippen molar-refractivity contribution in [2.45, 2.75) is 212 Å². The molecule has 39 heteroatoms. The Balaban J connectivity index is 1.20. The predicted molar refractivity (Wildman–Crippen MR) is 431 cm³/mol. The number of aromatic hydroxyl groups is 2. The van der Waals surface area contributed by atoms with E-state index in [0.29, 0.717) is 40.4 Å². The van der Waals surface area contributed by atoms with Crippen molar-refractivity contribution in [2.24, 2.45) is 34.6 Å². The number of carbonyl (C=O) groups is 17. The van der Waals surface area contributed by atoms with Crippen LogP contribution in [0.5, 0.6) is 11.5 Å². The molecule has 5 rings (SSSR count). The van der Waals surface area contributed by atoms with Gasteiger partial charge in [0.05, 0.1) is 32.1 Å². The van der Waals surface area contributed by atoms with Crippen LogP contribution >= 0.6 is 0 Å². The maximum absolute atomic E-state index is 14.6. The minimum absolute atomic E-state index is 0.0458. The SMILES string of the molecule is CC(C)[C@H](NC(=O)CNC(=O)[C@H](CC(=O)O)NC(=O)[C@H](C)NC(=O)[C@H](Cc1ccc(O)cc1)NC(=O)[C@H](CCCCN)NC(=O)[C@@H](NC(=O)[C@@H](NC(=O)[C@@H](N)CCC(=O)O)C(C)C)C(C)C)C(=O)NCC(=O)N1CCC[C@H]1C(=O)NCC(=O)N[C@@H](Cc1c[nH]c2ccccc12)C(=O)N[C@@H](Cc1ccc(O)cc1)C(=O)N(C)[C@H](C(=O)O)C(C)(C)C. The Morgan fingerprint density at radius 1 is 0.521 bits per heavy atom. The van der Waals surface area contributed by atoms with Gasteiger partial charge in [-0.2, -0.15) is 0 Å². The lowest BCUT2D eigenvalue weighted by molar-refractivity contribution is -0.154. The number of aliphatic carboxylic acids is 3. The summed E-state index contributed by atoms with van der Waals surface area (Å²) in [4.78, 5) is 236. The molecular weight excluding hydrogens is 1550 g/mol. The van der Waals surface area contributed by atoms with Gasteiger partial charge in [-0.25, -0.2) is 4.79 Å². The zero-order valence-corrected chi connectivity index (χ0v) is 68.7. The van der Waals surface area contributed by atoms with E-state index in [1.165, 1.54) is 67.4 Å². The van der Waals surface area contributed by atoms with E-state index >= 15 is 0 Å². The summed E-state index contributed by atoms with van der Waals surface area (Å²) in [6.07, 6.45) is 0.430. The number of carboxylic acid groups (broad SMARTS) is 3. The monoisotopic (exact) mass is 1670 g/mol. The van der Waals surface area contributed by atoms with Crippen molar-refractivity contribution in [2.75, 3.05) is 39.8 Å². The summed E-state index contributed by atoms with van der Waals surface area (Å²) in [7, 11) is 1.30. The second-order valence-corrected chi connectivity index (χ2v) is 31.5. The number of benzene rings is 3. The van der Waals surface area contributed by atoms with E-state index in [1.807, 2.05) is 0 Å². The maximum atomic E-state index is 14.6. The summed E-state index contributed by atoms with van der Waals surface area (Å²) in [6, 6.07) is 1.51. The topological polar surface area (TPSA) is 610 Å². The Morgan fingerprint density at radius 2 is 1.02 bits per heavy atom. The summed E-state index contributed by atoms with van der Waals surface area (Å²) in [6.45, 7) is 13.6. The molecule has 0 bridgehead atoms. The number of likely N-dealkylation sites (N-methyl/N-ethyl adjacent to an activating group) is 1. The first-order chi connectivity index (χ1) is 55.9. The number of nitrogens with zero attached hydrogens (tertiary/aromatic N) is 2.